The summed E-state index contributed by atoms with van der Waals surface area (Å²) < 4.78 is 2.18. The highest BCUT2D eigenvalue weighted by Gasteiger charge is 2.26. The molecule has 1 aliphatic rings. The quantitative estimate of drug-likeness (QED) is 0.680. The maximum absolute atomic E-state index is 12.8. The number of imidazole rings is 1. The number of aryl methyl sites for hydroxylation is 2. The van der Waals surface area contributed by atoms with Crippen LogP contribution in [0.2, 0.25) is 0 Å². The number of hydrogen-bond donors (Lipinski definition) is 1. The average molecular weight is 391 g/mol. The molecule has 0 spiro atoms. The van der Waals surface area contributed by atoms with Crippen LogP contribution in [0, 0.1) is 5.92 Å². The first-order valence-electron chi connectivity index (χ1n) is 10.7. The van der Waals surface area contributed by atoms with Gasteiger partial charge >= 0.3 is 0 Å². The second-order valence-corrected chi connectivity index (χ2v) is 8.02. The van der Waals surface area contributed by atoms with Crippen molar-refractivity contribution in [3.05, 3.63) is 59.9 Å². The van der Waals surface area contributed by atoms with Crippen LogP contribution < -0.4 is 5.32 Å². The monoisotopic (exact) mass is 390 g/mol. The van der Waals surface area contributed by atoms with Gasteiger partial charge < -0.3 is 9.88 Å². The van der Waals surface area contributed by atoms with Crippen molar-refractivity contribution in [1.29, 1.82) is 0 Å². The zero-order valence-electron chi connectivity index (χ0n) is 17.4. The highest BCUT2D eigenvalue weighted by molar-refractivity contribution is 5.93. The first kappa shape index (κ1) is 19.6. The third-order valence-corrected chi connectivity index (χ3v) is 6.00. The van der Waals surface area contributed by atoms with E-state index in [0.717, 1.165) is 62.3 Å². The number of aromatic nitrogens is 2. The Morgan fingerprint density at radius 1 is 1.10 bits per heavy atom. The fourth-order valence-corrected chi connectivity index (χ4v) is 4.25. The Hall–Kier alpha value is -2.66. The third-order valence-electron chi connectivity index (χ3n) is 6.00. The highest BCUT2D eigenvalue weighted by atomic mass is 16.1. The number of benzene rings is 2. The Bertz CT molecular complexity index is 985. The number of carbonyl (C=O) groups is 1. The van der Waals surface area contributed by atoms with Crippen molar-refractivity contribution < 1.29 is 4.79 Å². The van der Waals surface area contributed by atoms with Gasteiger partial charge in [-0.05, 0) is 56.1 Å². The van der Waals surface area contributed by atoms with Crippen LogP contribution in [0.25, 0.3) is 11.0 Å². The molecule has 5 heteroatoms. The number of fused-ring (bicyclic) bond motifs is 1. The van der Waals surface area contributed by atoms with Gasteiger partial charge in [0.1, 0.15) is 5.82 Å². The molecular weight excluding hydrogens is 360 g/mol. The van der Waals surface area contributed by atoms with Crippen LogP contribution in [0.1, 0.15) is 37.6 Å². The molecule has 4 rings (SSSR count). The molecule has 152 valence electrons. The van der Waals surface area contributed by atoms with Gasteiger partial charge in [-0.15, -0.1) is 0 Å². The second-order valence-electron chi connectivity index (χ2n) is 8.02. The molecule has 1 aromatic heterocycles. The van der Waals surface area contributed by atoms with Crippen LogP contribution in [0.4, 0.5) is 5.69 Å². The molecule has 1 fully saturated rings. The summed E-state index contributed by atoms with van der Waals surface area (Å²) >= 11 is 0. The Morgan fingerprint density at radius 2 is 1.83 bits per heavy atom. The van der Waals surface area contributed by atoms with Crippen LogP contribution in [0.15, 0.2) is 48.5 Å². The van der Waals surface area contributed by atoms with Gasteiger partial charge in [0.2, 0.25) is 5.91 Å². The lowest BCUT2D eigenvalue weighted by Gasteiger charge is -2.31. The number of piperidine rings is 1. The second kappa shape index (κ2) is 8.78. The summed E-state index contributed by atoms with van der Waals surface area (Å²) in [5.41, 5.74) is 4.41. The van der Waals surface area contributed by atoms with Crippen LogP contribution >= 0.6 is 0 Å². The van der Waals surface area contributed by atoms with Gasteiger partial charge in [-0.1, -0.05) is 43.7 Å². The van der Waals surface area contributed by atoms with Crippen molar-refractivity contribution >= 4 is 22.6 Å². The van der Waals surface area contributed by atoms with Crippen LogP contribution in [-0.4, -0.2) is 33.4 Å². The molecule has 5 nitrogen and oxygen atoms in total. The summed E-state index contributed by atoms with van der Waals surface area (Å²) in [4.78, 5) is 20.0. The van der Waals surface area contributed by atoms with E-state index in [1.54, 1.807) is 0 Å². The molecule has 0 saturated carbocycles. The summed E-state index contributed by atoms with van der Waals surface area (Å²) in [6.07, 6.45) is 3.86. The van der Waals surface area contributed by atoms with Gasteiger partial charge in [-0.25, -0.2) is 4.98 Å². The van der Waals surface area contributed by atoms with E-state index in [4.69, 9.17) is 4.98 Å². The summed E-state index contributed by atoms with van der Waals surface area (Å²) in [5, 5.41) is 3.18. The lowest BCUT2D eigenvalue weighted by Crippen LogP contribution is -2.38. The molecule has 0 aliphatic carbocycles. The lowest BCUT2D eigenvalue weighted by atomic mass is 9.95. The maximum Gasteiger partial charge on any atom is 0.227 e. The number of carbonyl (C=O) groups excluding carboxylic acids is 1. The lowest BCUT2D eigenvalue weighted by molar-refractivity contribution is -0.121. The van der Waals surface area contributed by atoms with Crippen LogP contribution in [0.3, 0.4) is 0 Å². The number of anilines is 1. The molecule has 0 bridgehead atoms. The minimum Gasteiger partial charge on any atom is -0.330 e. The molecule has 2 heterocycles. The minimum atomic E-state index is 0.0846. The predicted octanol–water partition coefficient (Wildman–Crippen LogP) is 4.38. The molecule has 2 aromatic carbocycles. The highest BCUT2D eigenvalue weighted by Crippen LogP contribution is 2.24. The van der Waals surface area contributed by atoms with E-state index in [1.807, 2.05) is 24.3 Å². The van der Waals surface area contributed by atoms with E-state index in [2.05, 4.69) is 53.0 Å². The zero-order chi connectivity index (χ0) is 20.2. The zero-order valence-corrected chi connectivity index (χ0v) is 17.4. The van der Waals surface area contributed by atoms with E-state index in [0.29, 0.717) is 0 Å². The van der Waals surface area contributed by atoms with E-state index in [-0.39, 0.29) is 11.8 Å². The third kappa shape index (κ3) is 4.35. The van der Waals surface area contributed by atoms with Crippen molar-refractivity contribution in [2.24, 2.45) is 13.0 Å². The summed E-state index contributed by atoms with van der Waals surface area (Å²) in [6.45, 7) is 4.85. The molecule has 0 unspecified atom stereocenters. The summed E-state index contributed by atoms with van der Waals surface area (Å²) in [5.74, 6) is 1.33. The number of likely N-dealkylation sites (tertiary alicyclic amines) is 1. The van der Waals surface area contributed by atoms with E-state index < -0.39 is 0 Å². The number of nitrogens with one attached hydrogen (secondary N) is 1. The predicted molar refractivity (Wildman–Crippen MR) is 118 cm³/mol. The Balaban J connectivity index is 1.34. The van der Waals surface area contributed by atoms with Crippen LogP contribution in [-0.2, 0) is 24.8 Å². The van der Waals surface area contributed by atoms with Gasteiger partial charge in [-0.3, -0.25) is 9.69 Å². The fraction of sp³-hybridized carbons (Fsp3) is 0.417. The number of nitrogens with zero attached hydrogens (tertiary/aromatic N) is 3. The van der Waals surface area contributed by atoms with E-state index in [1.165, 1.54) is 11.1 Å². The van der Waals surface area contributed by atoms with E-state index >= 15 is 0 Å². The van der Waals surface area contributed by atoms with Gasteiger partial charge in [-0.2, -0.15) is 0 Å². The molecule has 1 aliphatic heterocycles. The largest absolute Gasteiger partial charge is 0.330 e. The number of rotatable bonds is 6. The molecule has 29 heavy (non-hydrogen) atoms. The van der Waals surface area contributed by atoms with Crippen molar-refractivity contribution in [2.45, 2.75) is 39.2 Å². The summed E-state index contributed by atoms with van der Waals surface area (Å²) in [6, 6.07) is 16.4. The Labute approximate surface area is 172 Å². The van der Waals surface area contributed by atoms with Gasteiger partial charge in [0, 0.05) is 18.7 Å². The standard InChI is InChI=1S/C24H30N4O/c1-3-8-18-9-4-5-10-20(18)26-24(29)19-13-15-28(16-14-19)17-23-25-21-11-6-7-12-22(21)27(23)2/h4-7,9-12,19H,3,8,13-17H2,1-2H3,(H,26,29). The van der Waals surface area contributed by atoms with Crippen molar-refractivity contribution in [3.8, 4) is 0 Å². The topological polar surface area (TPSA) is 50.2 Å². The maximum atomic E-state index is 12.8. The van der Waals surface area contributed by atoms with Gasteiger partial charge in [0.25, 0.3) is 0 Å². The van der Waals surface area contributed by atoms with Gasteiger partial charge in [0.05, 0.1) is 17.6 Å². The van der Waals surface area contributed by atoms with Crippen LogP contribution in [0.5, 0.6) is 0 Å². The first-order chi connectivity index (χ1) is 14.2. The van der Waals surface area contributed by atoms with Gasteiger partial charge in [0.15, 0.2) is 0 Å². The normalized spacial score (nSPS) is 15.7. The van der Waals surface area contributed by atoms with Crippen molar-refractivity contribution in [3.63, 3.8) is 0 Å². The molecule has 1 saturated heterocycles. The minimum absolute atomic E-state index is 0.0846. The Morgan fingerprint density at radius 3 is 2.59 bits per heavy atom. The number of hydrogen-bond acceptors (Lipinski definition) is 3. The van der Waals surface area contributed by atoms with Crippen molar-refractivity contribution in [1.82, 2.24) is 14.5 Å². The molecule has 1 amide bonds. The first-order valence-corrected chi connectivity index (χ1v) is 10.7. The molecule has 0 radical (unpaired) electrons. The summed E-state index contributed by atoms with van der Waals surface area (Å²) in [7, 11) is 2.08. The SMILES string of the molecule is CCCc1ccccc1NC(=O)C1CCN(Cc2nc3ccccc3n2C)CC1. The molecular formula is C24H30N4O. The molecule has 3 aromatic rings. The Kier molecular flexibility index (Phi) is 5.95. The van der Waals surface area contributed by atoms with E-state index in [9.17, 15) is 4.79 Å². The number of para-hydroxylation sites is 3. The number of amides is 1. The average Bonchev–Trinajstić information content (AvgIpc) is 3.06. The molecule has 0 atom stereocenters. The smallest absolute Gasteiger partial charge is 0.227 e. The fourth-order valence-electron chi connectivity index (χ4n) is 4.25. The molecule has 1 N–H and O–H groups in total. The van der Waals surface area contributed by atoms with Crippen molar-refractivity contribution in [2.75, 3.05) is 18.4 Å².